The van der Waals surface area contributed by atoms with Crippen LogP contribution in [-0.4, -0.2) is 11.3 Å². The van der Waals surface area contributed by atoms with Crippen LogP contribution in [0.25, 0.3) is 0 Å². The van der Waals surface area contributed by atoms with Crippen molar-refractivity contribution in [2.75, 3.05) is 0 Å². The highest BCUT2D eigenvalue weighted by Gasteiger charge is 2.32. The molecule has 0 aromatic heterocycles. The van der Waals surface area contributed by atoms with Crippen LogP contribution in [-0.2, 0) is 6.18 Å². The number of hydrogen-bond donors (Lipinski definition) is 2. The molecule has 98 valence electrons. The molecule has 0 aliphatic rings. The van der Waals surface area contributed by atoms with Crippen LogP contribution < -0.4 is 11.2 Å². The van der Waals surface area contributed by atoms with Crippen LogP contribution in [0.3, 0.4) is 0 Å². The van der Waals surface area contributed by atoms with Crippen LogP contribution in [0.1, 0.15) is 11.1 Å². The van der Waals surface area contributed by atoms with Gasteiger partial charge in [0.2, 0.25) is 0 Å². The second kappa shape index (κ2) is 5.25. The summed E-state index contributed by atoms with van der Waals surface area (Å²) in [7, 11) is 0. The van der Waals surface area contributed by atoms with Crippen LogP contribution in [0.15, 0.2) is 17.2 Å². The molecule has 1 aromatic carbocycles. The van der Waals surface area contributed by atoms with Crippen molar-refractivity contribution in [2.45, 2.75) is 6.18 Å². The summed E-state index contributed by atoms with van der Waals surface area (Å²) >= 11 is 4.36. The maximum atomic E-state index is 13.2. The fourth-order valence-corrected chi connectivity index (χ4v) is 1.08. The van der Waals surface area contributed by atoms with Crippen molar-refractivity contribution >= 4 is 23.5 Å². The summed E-state index contributed by atoms with van der Waals surface area (Å²) in [5, 5.41) is 3.00. The Bertz CT molecular complexity index is 474. The second-order valence-electron chi connectivity index (χ2n) is 3.09. The van der Waals surface area contributed by atoms with Gasteiger partial charge in [0.25, 0.3) is 0 Å². The smallest absolute Gasteiger partial charge is 0.375 e. The fourth-order valence-electron chi connectivity index (χ4n) is 1.03. The van der Waals surface area contributed by atoms with Crippen molar-refractivity contribution < 1.29 is 22.0 Å². The minimum atomic E-state index is -4.82. The average Bonchev–Trinajstić information content (AvgIpc) is 2.20. The first-order valence-electron chi connectivity index (χ1n) is 4.36. The van der Waals surface area contributed by atoms with E-state index < -0.39 is 28.9 Å². The van der Waals surface area contributed by atoms with Crippen molar-refractivity contribution in [1.29, 1.82) is 0 Å². The maximum absolute atomic E-state index is 13.2. The lowest BCUT2D eigenvalue weighted by Crippen LogP contribution is -2.24. The third-order valence-corrected chi connectivity index (χ3v) is 1.87. The number of thiocarbonyl (C=S) groups is 1. The largest absolute Gasteiger partial charge is 0.416 e. The molecule has 0 aliphatic heterocycles. The highest BCUT2D eigenvalue weighted by molar-refractivity contribution is 7.80. The van der Waals surface area contributed by atoms with Gasteiger partial charge in [-0.2, -0.15) is 18.3 Å². The Hall–Kier alpha value is -1.77. The van der Waals surface area contributed by atoms with Crippen LogP contribution in [0, 0.1) is 11.6 Å². The molecule has 1 rings (SSSR count). The van der Waals surface area contributed by atoms with Gasteiger partial charge in [0.05, 0.1) is 17.3 Å². The fraction of sp³-hybridized carbons (Fsp3) is 0.111. The molecule has 9 heteroatoms. The summed E-state index contributed by atoms with van der Waals surface area (Å²) in [6.07, 6.45) is -4.18. The van der Waals surface area contributed by atoms with E-state index in [1.165, 1.54) is 0 Å². The number of hydrazone groups is 1. The summed E-state index contributed by atoms with van der Waals surface area (Å²) in [5.41, 5.74) is 4.85. The number of nitrogens with two attached hydrogens (primary N) is 1. The minimum Gasteiger partial charge on any atom is -0.375 e. The van der Waals surface area contributed by atoms with Crippen LogP contribution >= 0.6 is 12.2 Å². The SMILES string of the molecule is NC(=S)NN=Cc1c(F)cc(C(F)(F)F)cc1F. The molecule has 18 heavy (non-hydrogen) atoms. The first-order chi connectivity index (χ1) is 8.21. The molecule has 0 radical (unpaired) electrons. The summed E-state index contributed by atoms with van der Waals surface area (Å²) < 4.78 is 63.2. The average molecular weight is 283 g/mol. The van der Waals surface area contributed by atoms with Crippen LogP contribution in [0.5, 0.6) is 0 Å². The molecule has 0 saturated carbocycles. The number of nitrogens with one attached hydrogen (secondary N) is 1. The Morgan fingerprint density at radius 1 is 1.28 bits per heavy atom. The minimum absolute atomic E-state index is 0.172. The first-order valence-corrected chi connectivity index (χ1v) is 4.77. The normalized spacial score (nSPS) is 11.8. The first kappa shape index (κ1) is 14.3. The molecule has 0 heterocycles. The predicted molar refractivity (Wildman–Crippen MR) is 58.9 cm³/mol. The van der Waals surface area contributed by atoms with E-state index in [9.17, 15) is 22.0 Å². The molecule has 0 atom stereocenters. The molecule has 3 nitrogen and oxygen atoms in total. The van der Waals surface area contributed by atoms with Crippen LogP contribution in [0.2, 0.25) is 0 Å². The van der Waals surface area contributed by atoms with E-state index in [1.54, 1.807) is 0 Å². The van der Waals surface area contributed by atoms with Gasteiger partial charge in [-0.25, -0.2) is 8.78 Å². The Labute approximate surface area is 103 Å². The Morgan fingerprint density at radius 2 is 1.78 bits per heavy atom. The quantitative estimate of drug-likeness (QED) is 0.378. The topological polar surface area (TPSA) is 50.4 Å². The maximum Gasteiger partial charge on any atom is 0.416 e. The standard InChI is InChI=1S/C9H6F5N3S/c10-6-1-4(9(12,13)14)2-7(11)5(6)3-16-17-8(15)18/h1-3H,(H3,15,17,18). The highest BCUT2D eigenvalue weighted by atomic mass is 32.1. The molecule has 1 aromatic rings. The van der Waals surface area contributed by atoms with Crippen molar-refractivity contribution in [1.82, 2.24) is 5.43 Å². The molecule has 0 spiro atoms. The second-order valence-corrected chi connectivity index (χ2v) is 3.53. The lowest BCUT2D eigenvalue weighted by atomic mass is 10.1. The monoisotopic (exact) mass is 283 g/mol. The number of alkyl halides is 3. The lowest BCUT2D eigenvalue weighted by molar-refractivity contribution is -0.138. The Morgan fingerprint density at radius 3 is 2.17 bits per heavy atom. The van der Waals surface area contributed by atoms with E-state index in [-0.39, 0.29) is 17.2 Å². The number of hydrogen-bond acceptors (Lipinski definition) is 2. The Kier molecular flexibility index (Phi) is 4.17. The van der Waals surface area contributed by atoms with Crippen molar-refractivity contribution in [3.63, 3.8) is 0 Å². The van der Waals surface area contributed by atoms with E-state index >= 15 is 0 Å². The van der Waals surface area contributed by atoms with Gasteiger partial charge in [-0.3, -0.25) is 5.43 Å². The highest BCUT2D eigenvalue weighted by Crippen LogP contribution is 2.31. The molecule has 0 saturated heterocycles. The van der Waals surface area contributed by atoms with Gasteiger partial charge in [-0.1, -0.05) is 0 Å². The molecular weight excluding hydrogens is 277 g/mol. The van der Waals surface area contributed by atoms with Gasteiger partial charge in [0.15, 0.2) is 5.11 Å². The number of benzene rings is 1. The zero-order chi connectivity index (χ0) is 13.9. The van der Waals surface area contributed by atoms with Gasteiger partial charge in [0, 0.05) is 0 Å². The van der Waals surface area contributed by atoms with Gasteiger partial charge in [-0.15, -0.1) is 0 Å². The van der Waals surface area contributed by atoms with Crippen molar-refractivity contribution in [3.05, 3.63) is 34.9 Å². The number of halogens is 5. The lowest BCUT2D eigenvalue weighted by Gasteiger charge is -2.08. The van der Waals surface area contributed by atoms with Gasteiger partial charge in [0.1, 0.15) is 11.6 Å². The van der Waals surface area contributed by atoms with Crippen molar-refractivity contribution in [2.24, 2.45) is 10.8 Å². The molecular formula is C9H6F5N3S. The van der Waals surface area contributed by atoms with Crippen LogP contribution in [0.4, 0.5) is 22.0 Å². The molecule has 0 unspecified atom stereocenters. The summed E-state index contributed by atoms with van der Waals surface area (Å²) in [6, 6.07) is 0.344. The van der Waals surface area contributed by atoms with Gasteiger partial charge in [-0.05, 0) is 24.4 Å². The molecule has 0 bridgehead atoms. The van der Waals surface area contributed by atoms with E-state index in [1.807, 2.05) is 5.43 Å². The van der Waals surface area contributed by atoms with Gasteiger partial charge >= 0.3 is 6.18 Å². The zero-order valence-corrected chi connectivity index (χ0v) is 9.37. The van der Waals surface area contributed by atoms with Gasteiger partial charge < -0.3 is 5.73 Å². The predicted octanol–water partition coefficient (Wildman–Crippen LogP) is 2.15. The number of rotatable bonds is 2. The summed E-state index contributed by atoms with van der Waals surface area (Å²) in [4.78, 5) is 0. The third kappa shape index (κ3) is 3.62. The molecule has 3 N–H and O–H groups in total. The third-order valence-electron chi connectivity index (χ3n) is 1.77. The number of nitrogens with zero attached hydrogens (tertiary/aromatic N) is 1. The Balaban J connectivity index is 3.09. The van der Waals surface area contributed by atoms with E-state index in [0.717, 1.165) is 0 Å². The van der Waals surface area contributed by atoms with E-state index in [0.29, 0.717) is 6.21 Å². The van der Waals surface area contributed by atoms with E-state index in [4.69, 9.17) is 5.73 Å². The van der Waals surface area contributed by atoms with Crippen molar-refractivity contribution in [3.8, 4) is 0 Å². The molecule has 0 fully saturated rings. The summed E-state index contributed by atoms with van der Waals surface area (Å²) in [6.45, 7) is 0. The zero-order valence-electron chi connectivity index (χ0n) is 8.55. The molecule has 0 aliphatic carbocycles. The summed E-state index contributed by atoms with van der Waals surface area (Å²) in [5.74, 6) is -2.79. The molecule has 0 amide bonds. The van der Waals surface area contributed by atoms with E-state index in [2.05, 4.69) is 17.3 Å².